The van der Waals surface area contributed by atoms with Crippen LogP contribution in [0, 0.1) is 27.7 Å². The molecule has 0 radical (unpaired) electrons. The predicted molar refractivity (Wildman–Crippen MR) is 315 cm³/mol. The van der Waals surface area contributed by atoms with Crippen LogP contribution < -0.4 is 15.5 Å². The number of hydrogen-bond acceptors (Lipinski definition) is 10. The molecule has 0 spiro atoms. The first-order chi connectivity index (χ1) is 37.4. The molecule has 7 aromatic rings. The van der Waals surface area contributed by atoms with E-state index in [9.17, 15) is 24.9 Å². The van der Waals surface area contributed by atoms with Gasteiger partial charge in [-0.2, -0.15) is 0 Å². The Hall–Kier alpha value is -6.91. The van der Waals surface area contributed by atoms with Gasteiger partial charge in [0.2, 0.25) is 0 Å². The number of carbonyl (C=O) groups is 2. The molecular formula is C64H81N8O6+. The molecule has 1 fully saturated rings. The van der Waals surface area contributed by atoms with Crippen LogP contribution in [0.4, 0.5) is 11.4 Å². The molecular weight excluding hydrogens is 977 g/mol. The number of piperazine rings is 1. The second-order valence-corrected chi connectivity index (χ2v) is 22.1. The van der Waals surface area contributed by atoms with E-state index in [1.54, 1.807) is 4.90 Å². The third-order valence-corrected chi connectivity index (χ3v) is 15.2. The topological polar surface area (TPSA) is 167 Å². The van der Waals surface area contributed by atoms with Crippen molar-refractivity contribution in [3.05, 3.63) is 160 Å². The van der Waals surface area contributed by atoms with Gasteiger partial charge >= 0.3 is 0 Å². The molecule has 0 bridgehead atoms. The second kappa shape index (κ2) is 25.3. The van der Waals surface area contributed by atoms with Crippen LogP contribution in [0.5, 0.6) is 0 Å². The number of carbonyl (C=O) groups excluding carboxylic acids is 2. The number of rotatable bonds is 18. The van der Waals surface area contributed by atoms with Gasteiger partial charge < -0.3 is 49.9 Å². The molecule has 4 atom stereocenters. The summed E-state index contributed by atoms with van der Waals surface area (Å²) < 4.78 is 3.10. The monoisotopic (exact) mass is 1060 g/mol. The minimum Gasteiger partial charge on any atom is -0.396 e. The van der Waals surface area contributed by atoms with Crippen LogP contribution >= 0.6 is 0 Å². The smallest absolute Gasteiger partial charge is 0.254 e. The van der Waals surface area contributed by atoms with E-state index in [2.05, 4.69) is 168 Å². The molecule has 14 heteroatoms. The van der Waals surface area contributed by atoms with Crippen molar-refractivity contribution < 1.29 is 34.5 Å². The van der Waals surface area contributed by atoms with Crippen LogP contribution in [0.3, 0.4) is 0 Å². The van der Waals surface area contributed by atoms with Gasteiger partial charge in [0.1, 0.15) is 18.1 Å². The zero-order valence-corrected chi connectivity index (χ0v) is 47.1. The van der Waals surface area contributed by atoms with Crippen molar-refractivity contribution in [3.8, 4) is 33.6 Å². The molecule has 78 heavy (non-hydrogen) atoms. The standard InChI is InChI=1S/C34H42N4O5.C30H38N4O/c1-4-38-29-12-10-24(34(43)37-16-14-36(15-17-37)21-31(41)32(42)30(40)13-18-39)20-28(29)35-33(38)27-8-6-5-7-26(27)25-11-9-22(2)19-23(25)3;1-7-33-28-16-14-23(30(35)31-17-10-18-34(4,5)6)20-27(28)32-29(33)26-12-9-8-11-25(26)24-15-13-21(2)19-22(24)3/h5-12,19-20,30-32,39-42H,4,13-18,21H2,1-3H3;8-9,11-16,19-20,29,32H,7,10,17-18H2,1-6H3/p+1. The lowest BCUT2D eigenvalue weighted by Crippen LogP contribution is -2.52. The Morgan fingerprint density at radius 3 is 1.96 bits per heavy atom. The lowest BCUT2D eigenvalue weighted by molar-refractivity contribution is -0.870. The number of imidazole rings is 1. The lowest BCUT2D eigenvalue weighted by atomic mass is 9.93. The fourth-order valence-electron chi connectivity index (χ4n) is 11.0. The number of aryl methyl sites for hydroxylation is 5. The number of hydrogen-bond donors (Lipinski definition) is 6. The van der Waals surface area contributed by atoms with Gasteiger partial charge in [-0.15, -0.1) is 0 Å². The maximum atomic E-state index is 13.5. The fraction of sp³-hybridized carbons (Fsp3) is 0.391. The summed E-state index contributed by atoms with van der Waals surface area (Å²) in [5, 5.41) is 46.1. The van der Waals surface area contributed by atoms with Gasteiger partial charge in [0.25, 0.3) is 11.8 Å². The zero-order chi connectivity index (χ0) is 55.8. The number of nitrogens with zero attached hydrogens (tertiary/aromatic N) is 6. The van der Waals surface area contributed by atoms with E-state index < -0.39 is 18.3 Å². The Labute approximate surface area is 461 Å². The van der Waals surface area contributed by atoms with Crippen LogP contribution in [0.15, 0.2) is 121 Å². The Bertz CT molecular complexity index is 3210. The van der Waals surface area contributed by atoms with Crippen LogP contribution in [0.2, 0.25) is 0 Å². The summed E-state index contributed by atoms with van der Waals surface area (Å²) in [5.74, 6) is 0.790. The Kier molecular flexibility index (Phi) is 18.5. The molecule has 3 heterocycles. The van der Waals surface area contributed by atoms with E-state index in [0.717, 1.165) is 69.9 Å². The molecule has 9 rings (SSSR count). The second-order valence-electron chi connectivity index (χ2n) is 22.1. The summed E-state index contributed by atoms with van der Waals surface area (Å²) in [4.78, 5) is 37.5. The van der Waals surface area contributed by atoms with Gasteiger partial charge in [-0.05, 0) is 118 Å². The first-order valence-electron chi connectivity index (χ1n) is 27.7. The predicted octanol–water partition coefficient (Wildman–Crippen LogP) is 8.98. The van der Waals surface area contributed by atoms with Crippen molar-refractivity contribution in [1.82, 2.24) is 24.7 Å². The number of aliphatic hydroxyl groups excluding tert-OH is 4. The minimum atomic E-state index is -1.33. The number of benzene rings is 6. The summed E-state index contributed by atoms with van der Waals surface area (Å²) >= 11 is 0. The molecule has 2 aliphatic heterocycles. The van der Waals surface area contributed by atoms with Crippen LogP contribution in [0.1, 0.15) is 81.4 Å². The van der Waals surface area contributed by atoms with E-state index in [1.807, 2.05) is 41.3 Å². The van der Waals surface area contributed by atoms with Crippen LogP contribution in [0.25, 0.3) is 44.7 Å². The average Bonchev–Trinajstić information content (AvgIpc) is 4.07. The molecule has 6 aromatic carbocycles. The number of anilines is 2. The minimum absolute atomic E-state index is 0.00175. The van der Waals surface area contributed by atoms with Gasteiger partial charge in [0.05, 0.1) is 62.3 Å². The van der Waals surface area contributed by atoms with Crippen molar-refractivity contribution >= 4 is 34.2 Å². The highest BCUT2D eigenvalue weighted by Gasteiger charge is 2.32. The lowest BCUT2D eigenvalue weighted by Gasteiger charge is -2.36. The summed E-state index contributed by atoms with van der Waals surface area (Å²) in [5.41, 5.74) is 17.2. The van der Waals surface area contributed by atoms with E-state index in [-0.39, 0.29) is 37.6 Å². The number of β-amino-alcohol motifs (C(OH)–C–C–N with tert-alkyl or cyclic N) is 1. The van der Waals surface area contributed by atoms with Crippen molar-refractivity contribution in [3.63, 3.8) is 0 Å². The number of quaternary nitrogens is 1. The van der Waals surface area contributed by atoms with Gasteiger partial charge in [-0.25, -0.2) is 4.98 Å². The fourth-order valence-corrected chi connectivity index (χ4v) is 11.0. The van der Waals surface area contributed by atoms with Crippen molar-refractivity contribution in [2.45, 2.75) is 85.4 Å². The Morgan fingerprint density at radius 1 is 0.705 bits per heavy atom. The van der Waals surface area contributed by atoms with E-state index in [4.69, 9.17) is 10.1 Å². The molecule has 0 aliphatic carbocycles. The zero-order valence-electron chi connectivity index (χ0n) is 47.1. The van der Waals surface area contributed by atoms with E-state index in [0.29, 0.717) is 43.9 Å². The molecule has 6 N–H and O–H groups in total. The third-order valence-electron chi connectivity index (χ3n) is 15.2. The normalized spacial score (nSPS) is 15.8. The summed E-state index contributed by atoms with van der Waals surface area (Å²) in [6.45, 7) is 18.1. The molecule has 2 amide bonds. The molecule has 0 saturated carbocycles. The molecule has 1 aromatic heterocycles. The molecule has 1 saturated heterocycles. The van der Waals surface area contributed by atoms with E-state index >= 15 is 0 Å². The largest absolute Gasteiger partial charge is 0.396 e. The van der Waals surface area contributed by atoms with Crippen LogP contribution in [-0.2, 0) is 6.54 Å². The van der Waals surface area contributed by atoms with Gasteiger partial charge in [-0.1, -0.05) is 96.1 Å². The summed E-state index contributed by atoms with van der Waals surface area (Å²) in [6, 6.07) is 41.8. The third kappa shape index (κ3) is 13.1. The maximum Gasteiger partial charge on any atom is 0.254 e. The summed E-state index contributed by atoms with van der Waals surface area (Å²) in [6.07, 6.45) is -2.70. The average molecular weight is 1060 g/mol. The highest BCUT2D eigenvalue weighted by atomic mass is 16.4. The van der Waals surface area contributed by atoms with Crippen molar-refractivity contribution in [1.29, 1.82) is 0 Å². The summed E-state index contributed by atoms with van der Waals surface area (Å²) in [7, 11) is 6.51. The first kappa shape index (κ1) is 57.3. The molecule has 4 unspecified atom stereocenters. The van der Waals surface area contributed by atoms with Gasteiger partial charge in [0.15, 0.2) is 0 Å². The van der Waals surface area contributed by atoms with E-state index in [1.165, 1.54) is 44.5 Å². The molecule has 412 valence electrons. The van der Waals surface area contributed by atoms with Gasteiger partial charge in [-0.3, -0.25) is 14.5 Å². The molecule has 2 aliphatic rings. The number of nitrogens with one attached hydrogen (secondary N) is 2. The molecule has 14 nitrogen and oxygen atoms in total. The maximum absolute atomic E-state index is 13.5. The number of amides is 2. The number of aliphatic hydroxyl groups is 4. The SMILES string of the molecule is CCN1c2ccc(C(=O)NCCC[N+](C)(C)C)cc2NC1c1ccccc1-c1ccc(C)cc1C.CCn1c(-c2ccccc2-c2ccc(C)cc2C)nc2cc(C(=O)N3CCN(CC(O)C(O)C(O)CCO)CC3)ccc21. The Morgan fingerprint density at radius 2 is 1.33 bits per heavy atom. The number of aromatic nitrogens is 2. The van der Waals surface area contributed by atoms with Gasteiger partial charge in [0, 0.05) is 87.6 Å². The quantitative estimate of drug-likeness (QED) is 0.0361. The Balaban J connectivity index is 0.000000210. The van der Waals surface area contributed by atoms with Crippen molar-refractivity contribution in [2.24, 2.45) is 0 Å². The first-order valence-corrected chi connectivity index (χ1v) is 27.7. The van der Waals surface area contributed by atoms with Crippen molar-refractivity contribution in [2.75, 3.05) is 90.3 Å². The van der Waals surface area contributed by atoms with Crippen LogP contribution in [-0.4, -0.2) is 154 Å². The highest BCUT2D eigenvalue weighted by Crippen LogP contribution is 2.44. The number of fused-ring (bicyclic) bond motifs is 2. The highest BCUT2D eigenvalue weighted by molar-refractivity contribution is 5.99.